The van der Waals surface area contributed by atoms with Crippen molar-refractivity contribution in [2.75, 3.05) is 30.8 Å². The van der Waals surface area contributed by atoms with Gasteiger partial charge in [0.2, 0.25) is 10.0 Å². The monoisotopic (exact) mass is 371 g/mol. The Morgan fingerprint density at radius 2 is 1.92 bits per heavy atom. The molecule has 1 unspecified atom stereocenters. The number of pyridine rings is 1. The molecule has 0 N–H and O–H groups in total. The first-order chi connectivity index (χ1) is 12.4. The molecule has 2 aromatic rings. The van der Waals surface area contributed by atoms with Crippen LogP contribution in [-0.2, 0) is 10.0 Å². The smallest absolute Gasteiger partial charge is 0.315 e. The van der Waals surface area contributed by atoms with E-state index in [-0.39, 0.29) is 31.7 Å². The van der Waals surface area contributed by atoms with Crippen LogP contribution >= 0.6 is 0 Å². The number of anilines is 1. The predicted molar refractivity (Wildman–Crippen MR) is 95.9 cm³/mol. The zero-order valence-corrected chi connectivity index (χ0v) is 14.9. The van der Waals surface area contributed by atoms with Crippen molar-refractivity contribution in [3.63, 3.8) is 0 Å². The number of hydrogen-bond acceptors (Lipinski definition) is 5. The first-order valence-corrected chi connectivity index (χ1v) is 10.0. The lowest BCUT2D eigenvalue weighted by Crippen LogP contribution is -2.61. The van der Waals surface area contributed by atoms with Crippen molar-refractivity contribution in [2.45, 2.75) is 12.1 Å². The molecule has 9 heteroatoms. The van der Waals surface area contributed by atoms with Crippen molar-refractivity contribution in [2.24, 2.45) is 0 Å². The molecule has 2 amide bonds. The Kier molecular flexibility index (Phi) is 3.82. The Morgan fingerprint density at radius 1 is 1.19 bits per heavy atom. The second kappa shape index (κ2) is 5.93. The van der Waals surface area contributed by atoms with E-state index in [0.29, 0.717) is 5.69 Å². The van der Waals surface area contributed by atoms with Crippen molar-refractivity contribution in [3.8, 4) is 6.07 Å². The zero-order chi connectivity index (χ0) is 18.5. The summed E-state index contributed by atoms with van der Waals surface area (Å²) in [6, 6.07) is 8.62. The van der Waals surface area contributed by atoms with Crippen LogP contribution in [0.4, 0.5) is 10.5 Å². The minimum absolute atomic E-state index is 0.207. The molecular formula is C17H17N5O3S. The maximum Gasteiger partial charge on any atom is 0.326 e. The van der Waals surface area contributed by atoms with Crippen LogP contribution in [0.3, 0.4) is 0 Å². The normalized spacial score (nSPS) is 21.8. The molecule has 2 fully saturated rings. The summed E-state index contributed by atoms with van der Waals surface area (Å²) in [5, 5.41) is 11.3. The molecule has 8 nitrogen and oxygen atoms in total. The van der Waals surface area contributed by atoms with Gasteiger partial charge in [0, 0.05) is 30.1 Å². The number of fused-ring (bicyclic) bond motifs is 1. The molecule has 2 saturated heterocycles. The molecule has 0 aliphatic carbocycles. The lowest BCUT2D eigenvalue weighted by atomic mass is 10.1. The highest BCUT2D eigenvalue weighted by Crippen LogP contribution is 2.33. The summed E-state index contributed by atoms with van der Waals surface area (Å²) >= 11 is 0. The highest BCUT2D eigenvalue weighted by Gasteiger charge is 2.47. The quantitative estimate of drug-likeness (QED) is 0.802. The Balaban J connectivity index is 1.65. The van der Waals surface area contributed by atoms with Crippen molar-refractivity contribution < 1.29 is 13.2 Å². The van der Waals surface area contributed by atoms with Crippen molar-refractivity contribution in [1.29, 1.82) is 5.26 Å². The van der Waals surface area contributed by atoms with Crippen LogP contribution in [0.2, 0.25) is 0 Å². The van der Waals surface area contributed by atoms with E-state index in [1.54, 1.807) is 17.3 Å². The third kappa shape index (κ3) is 2.58. The van der Waals surface area contributed by atoms with Crippen LogP contribution in [-0.4, -0.2) is 66.6 Å². The number of nitriles is 1. The van der Waals surface area contributed by atoms with Gasteiger partial charge in [-0.3, -0.25) is 9.88 Å². The van der Waals surface area contributed by atoms with Gasteiger partial charge in [0.15, 0.2) is 0 Å². The number of nitrogens with zero attached hydrogens (tertiary/aromatic N) is 5. The van der Waals surface area contributed by atoms with Crippen LogP contribution in [0.25, 0.3) is 10.8 Å². The number of amides is 2. The Morgan fingerprint density at radius 3 is 2.62 bits per heavy atom. The van der Waals surface area contributed by atoms with Gasteiger partial charge in [-0.05, 0) is 0 Å². The topological polar surface area (TPSA) is 97.6 Å². The number of aromatic nitrogens is 1. The lowest BCUT2D eigenvalue weighted by Gasteiger charge is -2.41. The van der Waals surface area contributed by atoms with E-state index in [1.807, 2.05) is 24.3 Å². The summed E-state index contributed by atoms with van der Waals surface area (Å²) in [6.45, 7) is 0.787. The van der Waals surface area contributed by atoms with E-state index in [0.717, 1.165) is 17.0 Å². The highest BCUT2D eigenvalue weighted by molar-refractivity contribution is 7.88. The van der Waals surface area contributed by atoms with Crippen molar-refractivity contribution in [1.82, 2.24) is 14.2 Å². The molecule has 1 atom stereocenters. The fourth-order valence-corrected chi connectivity index (χ4v) is 4.36. The van der Waals surface area contributed by atoms with Gasteiger partial charge in [-0.15, -0.1) is 0 Å². The fraction of sp³-hybridized carbons (Fsp3) is 0.353. The summed E-state index contributed by atoms with van der Waals surface area (Å²) in [5.41, 5.74) is 0.599. The van der Waals surface area contributed by atoms with E-state index in [2.05, 4.69) is 11.1 Å². The number of urea groups is 1. The number of benzene rings is 1. The summed E-state index contributed by atoms with van der Waals surface area (Å²) in [7, 11) is -3.25. The third-order valence-corrected chi connectivity index (χ3v) is 6.16. The van der Waals surface area contributed by atoms with E-state index in [4.69, 9.17) is 0 Å². The first-order valence-electron chi connectivity index (χ1n) is 8.17. The maximum absolute atomic E-state index is 13.0. The van der Waals surface area contributed by atoms with E-state index >= 15 is 0 Å². The molecule has 0 bridgehead atoms. The number of carbonyl (C=O) groups excluding carboxylic acids is 1. The Bertz CT molecular complexity index is 1020. The van der Waals surface area contributed by atoms with Crippen LogP contribution in [0.5, 0.6) is 0 Å². The number of sulfonamides is 1. The number of hydrogen-bond donors (Lipinski definition) is 0. The molecule has 0 spiro atoms. The molecule has 1 aromatic heterocycles. The van der Waals surface area contributed by atoms with Gasteiger partial charge in [0.05, 0.1) is 36.8 Å². The molecule has 4 rings (SSSR count). The maximum atomic E-state index is 13.0. The molecule has 134 valence electrons. The standard InChI is InChI=1S/C17H17N5O3S/c1-26(24,25)20-9-14(10-20)21-11-13(6-18)22(17(21)23)16-8-19-7-12-4-2-3-5-15(12)16/h2-5,7-8,13-14H,9-11H2,1H3. The van der Waals surface area contributed by atoms with Crippen molar-refractivity contribution in [3.05, 3.63) is 36.7 Å². The van der Waals surface area contributed by atoms with Gasteiger partial charge in [-0.2, -0.15) is 9.57 Å². The van der Waals surface area contributed by atoms with Gasteiger partial charge >= 0.3 is 6.03 Å². The van der Waals surface area contributed by atoms with E-state index in [1.165, 1.54) is 9.21 Å². The molecule has 1 aromatic carbocycles. The average Bonchev–Trinajstić information content (AvgIpc) is 2.88. The summed E-state index contributed by atoms with van der Waals surface area (Å²) < 4.78 is 24.4. The van der Waals surface area contributed by atoms with E-state index < -0.39 is 16.1 Å². The third-order valence-electron chi connectivity index (χ3n) is 4.93. The molecule has 26 heavy (non-hydrogen) atoms. The van der Waals surface area contributed by atoms with Crippen LogP contribution in [0.1, 0.15) is 0 Å². The van der Waals surface area contributed by atoms with Crippen LogP contribution < -0.4 is 4.90 Å². The number of rotatable bonds is 3. The second-order valence-corrected chi connectivity index (χ2v) is 8.55. The number of carbonyl (C=O) groups is 1. The summed E-state index contributed by atoms with van der Waals surface area (Å²) in [4.78, 5) is 20.3. The van der Waals surface area contributed by atoms with Gasteiger partial charge < -0.3 is 4.90 Å². The second-order valence-electron chi connectivity index (χ2n) is 6.56. The minimum Gasteiger partial charge on any atom is -0.315 e. The molecule has 3 heterocycles. The first kappa shape index (κ1) is 16.8. The highest BCUT2D eigenvalue weighted by atomic mass is 32.2. The van der Waals surface area contributed by atoms with Gasteiger partial charge in [-0.1, -0.05) is 24.3 Å². The molecule has 2 aliphatic rings. The zero-order valence-electron chi connectivity index (χ0n) is 14.1. The fourth-order valence-electron chi connectivity index (χ4n) is 3.47. The van der Waals surface area contributed by atoms with Crippen LogP contribution in [0.15, 0.2) is 36.7 Å². The Hall–Kier alpha value is -2.70. The van der Waals surface area contributed by atoms with Gasteiger partial charge in [0.25, 0.3) is 0 Å². The summed E-state index contributed by atoms with van der Waals surface area (Å²) in [5.74, 6) is 0. The largest absolute Gasteiger partial charge is 0.326 e. The molecular weight excluding hydrogens is 354 g/mol. The minimum atomic E-state index is -3.25. The SMILES string of the molecule is CS(=O)(=O)N1CC(N2CC(C#N)N(c3cncc4ccccc34)C2=O)C1. The van der Waals surface area contributed by atoms with Crippen LogP contribution in [0, 0.1) is 11.3 Å². The van der Waals surface area contributed by atoms with Gasteiger partial charge in [-0.25, -0.2) is 13.2 Å². The molecule has 0 radical (unpaired) electrons. The van der Waals surface area contributed by atoms with Gasteiger partial charge in [0.1, 0.15) is 6.04 Å². The lowest BCUT2D eigenvalue weighted by molar-refractivity contribution is 0.125. The predicted octanol–water partition coefficient (Wildman–Crippen LogP) is 1.01. The van der Waals surface area contributed by atoms with Crippen molar-refractivity contribution >= 4 is 32.5 Å². The average molecular weight is 371 g/mol. The summed E-state index contributed by atoms with van der Waals surface area (Å²) in [6.07, 6.45) is 4.47. The Labute approximate surface area is 151 Å². The molecule has 2 aliphatic heterocycles. The van der Waals surface area contributed by atoms with E-state index in [9.17, 15) is 18.5 Å². The molecule has 0 saturated carbocycles.